The van der Waals surface area contributed by atoms with E-state index in [1.54, 1.807) is 36.8 Å². The fourth-order valence-electron chi connectivity index (χ4n) is 2.04. The number of aliphatic hydroxyl groups is 1. The van der Waals surface area contributed by atoms with Crippen LogP contribution in [0.3, 0.4) is 0 Å². The summed E-state index contributed by atoms with van der Waals surface area (Å²) < 4.78 is 10.5. The van der Waals surface area contributed by atoms with E-state index in [0.29, 0.717) is 24.4 Å². The first-order chi connectivity index (χ1) is 10.2. The minimum Gasteiger partial charge on any atom is -0.489 e. The largest absolute Gasteiger partial charge is 0.489 e. The second-order valence-corrected chi connectivity index (χ2v) is 4.90. The summed E-state index contributed by atoms with van der Waals surface area (Å²) >= 11 is 0. The van der Waals surface area contributed by atoms with E-state index >= 15 is 0 Å². The molecule has 0 radical (unpaired) electrons. The highest BCUT2D eigenvalue weighted by atomic mass is 16.5. The van der Waals surface area contributed by atoms with Crippen LogP contribution in [-0.4, -0.2) is 36.3 Å². The Balaban J connectivity index is 1.79. The zero-order valence-corrected chi connectivity index (χ0v) is 11.9. The van der Waals surface area contributed by atoms with Crippen LogP contribution in [0.1, 0.15) is 11.1 Å². The maximum absolute atomic E-state index is 10.0. The number of para-hydroxylation sites is 1. The molecular formula is C16H18N2O3. The van der Waals surface area contributed by atoms with Gasteiger partial charge in [-0.25, -0.2) is 0 Å². The van der Waals surface area contributed by atoms with Gasteiger partial charge in [-0.3, -0.25) is 4.90 Å². The van der Waals surface area contributed by atoms with Crippen molar-refractivity contribution in [2.24, 2.45) is 0 Å². The zero-order chi connectivity index (χ0) is 15.1. The standard InChI is InChI=1S/C16H18N2O3/c1-18(9-13-6-7-20-11-13)10-15(19)12-21-16-5-3-2-4-14(16)8-17/h2-7,11,15,19H,9-10,12H2,1H3. The lowest BCUT2D eigenvalue weighted by Gasteiger charge is -2.20. The molecule has 0 spiro atoms. The number of benzene rings is 1. The number of hydrogen-bond acceptors (Lipinski definition) is 5. The average Bonchev–Trinajstić information content (AvgIpc) is 2.98. The predicted molar refractivity (Wildman–Crippen MR) is 77.7 cm³/mol. The normalized spacial score (nSPS) is 12.1. The summed E-state index contributed by atoms with van der Waals surface area (Å²) in [4.78, 5) is 1.98. The molecule has 0 saturated carbocycles. The second kappa shape index (κ2) is 7.48. The monoisotopic (exact) mass is 286 g/mol. The molecule has 2 rings (SSSR count). The van der Waals surface area contributed by atoms with Crippen LogP contribution in [0.4, 0.5) is 0 Å². The fraction of sp³-hybridized carbons (Fsp3) is 0.312. The number of aliphatic hydroxyl groups excluding tert-OH is 1. The Kier molecular flexibility index (Phi) is 5.38. The van der Waals surface area contributed by atoms with Crippen molar-refractivity contribution >= 4 is 0 Å². The van der Waals surface area contributed by atoms with Gasteiger partial charge in [0.15, 0.2) is 0 Å². The third-order valence-corrected chi connectivity index (χ3v) is 2.99. The van der Waals surface area contributed by atoms with Gasteiger partial charge in [0.2, 0.25) is 0 Å². The molecule has 0 aliphatic carbocycles. The van der Waals surface area contributed by atoms with E-state index in [2.05, 4.69) is 6.07 Å². The molecule has 1 aromatic carbocycles. The Morgan fingerprint density at radius 1 is 1.38 bits per heavy atom. The van der Waals surface area contributed by atoms with E-state index in [1.807, 2.05) is 18.0 Å². The maximum Gasteiger partial charge on any atom is 0.137 e. The average molecular weight is 286 g/mol. The molecule has 0 fully saturated rings. The van der Waals surface area contributed by atoms with E-state index in [9.17, 15) is 5.11 Å². The summed E-state index contributed by atoms with van der Waals surface area (Å²) in [7, 11) is 1.92. The van der Waals surface area contributed by atoms with Gasteiger partial charge in [0.1, 0.15) is 24.5 Å². The summed E-state index contributed by atoms with van der Waals surface area (Å²) in [6.45, 7) is 1.32. The molecule has 0 amide bonds. The number of hydrogen-bond donors (Lipinski definition) is 1. The molecule has 5 heteroatoms. The Morgan fingerprint density at radius 3 is 2.90 bits per heavy atom. The van der Waals surface area contributed by atoms with Gasteiger partial charge >= 0.3 is 0 Å². The predicted octanol–water partition coefficient (Wildman–Crippen LogP) is 2.02. The van der Waals surface area contributed by atoms with Crippen molar-refractivity contribution in [2.45, 2.75) is 12.6 Å². The number of rotatable bonds is 7. The number of nitrogens with zero attached hydrogens (tertiary/aromatic N) is 2. The quantitative estimate of drug-likeness (QED) is 0.843. The number of nitriles is 1. The third-order valence-electron chi connectivity index (χ3n) is 2.99. The highest BCUT2D eigenvalue weighted by Crippen LogP contribution is 2.16. The Hall–Kier alpha value is -2.29. The zero-order valence-electron chi connectivity index (χ0n) is 11.9. The molecule has 0 aliphatic heterocycles. The van der Waals surface area contributed by atoms with Crippen LogP contribution in [0.2, 0.25) is 0 Å². The lowest BCUT2D eigenvalue weighted by Crippen LogP contribution is -2.32. The first kappa shape index (κ1) is 15.1. The van der Waals surface area contributed by atoms with Crippen LogP contribution >= 0.6 is 0 Å². The number of likely N-dealkylation sites (N-methyl/N-ethyl adjacent to an activating group) is 1. The molecule has 1 heterocycles. The Bertz CT molecular complexity index is 590. The van der Waals surface area contributed by atoms with Gasteiger partial charge < -0.3 is 14.3 Å². The molecule has 5 nitrogen and oxygen atoms in total. The van der Waals surface area contributed by atoms with Crippen LogP contribution in [0.5, 0.6) is 5.75 Å². The van der Waals surface area contributed by atoms with E-state index in [0.717, 1.165) is 5.56 Å². The molecule has 0 aliphatic rings. The summed E-state index contributed by atoms with van der Waals surface area (Å²) in [6.07, 6.45) is 2.68. The van der Waals surface area contributed by atoms with Crippen molar-refractivity contribution in [3.63, 3.8) is 0 Å². The van der Waals surface area contributed by atoms with Crippen LogP contribution in [0.25, 0.3) is 0 Å². The van der Waals surface area contributed by atoms with Gasteiger partial charge in [0.25, 0.3) is 0 Å². The Morgan fingerprint density at radius 2 is 2.19 bits per heavy atom. The van der Waals surface area contributed by atoms with E-state index in [4.69, 9.17) is 14.4 Å². The van der Waals surface area contributed by atoms with Crippen LogP contribution < -0.4 is 4.74 Å². The van der Waals surface area contributed by atoms with Crippen molar-refractivity contribution < 1.29 is 14.3 Å². The number of ether oxygens (including phenoxy) is 1. The summed E-state index contributed by atoms with van der Waals surface area (Å²) in [5.41, 5.74) is 1.52. The summed E-state index contributed by atoms with van der Waals surface area (Å²) in [5, 5.41) is 19.0. The molecule has 1 N–H and O–H groups in total. The highest BCUT2D eigenvalue weighted by Gasteiger charge is 2.11. The van der Waals surface area contributed by atoms with Gasteiger partial charge in [-0.2, -0.15) is 5.26 Å². The second-order valence-electron chi connectivity index (χ2n) is 4.90. The molecule has 0 bridgehead atoms. The van der Waals surface area contributed by atoms with Gasteiger partial charge in [-0.05, 0) is 25.2 Å². The molecule has 1 aromatic heterocycles. The summed E-state index contributed by atoms with van der Waals surface area (Å²) in [6, 6.07) is 10.9. The molecule has 2 aromatic rings. The van der Waals surface area contributed by atoms with Gasteiger partial charge in [0.05, 0.1) is 18.1 Å². The molecule has 0 saturated heterocycles. The topological polar surface area (TPSA) is 69.6 Å². The molecule has 110 valence electrons. The van der Waals surface area contributed by atoms with Crippen molar-refractivity contribution in [1.29, 1.82) is 5.26 Å². The van der Waals surface area contributed by atoms with Crippen molar-refractivity contribution in [3.05, 3.63) is 54.0 Å². The van der Waals surface area contributed by atoms with Crippen LogP contribution in [0, 0.1) is 11.3 Å². The van der Waals surface area contributed by atoms with E-state index in [-0.39, 0.29) is 6.61 Å². The van der Waals surface area contributed by atoms with Crippen LogP contribution in [0.15, 0.2) is 47.3 Å². The Labute approximate surface area is 124 Å². The SMILES string of the molecule is CN(Cc1ccoc1)CC(O)COc1ccccc1C#N. The summed E-state index contributed by atoms with van der Waals surface area (Å²) in [5.74, 6) is 0.497. The van der Waals surface area contributed by atoms with Gasteiger partial charge in [0, 0.05) is 18.7 Å². The van der Waals surface area contributed by atoms with E-state index < -0.39 is 6.10 Å². The van der Waals surface area contributed by atoms with Crippen molar-refractivity contribution in [2.75, 3.05) is 20.2 Å². The maximum atomic E-state index is 10.0. The minimum absolute atomic E-state index is 0.147. The first-order valence-electron chi connectivity index (χ1n) is 6.68. The molecule has 21 heavy (non-hydrogen) atoms. The highest BCUT2D eigenvalue weighted by molar-refractivity contribution is 5.42. The van der Waals surface area contributed by atoms with Crippen LogP contribution in [-0.2, 0) is 6.54 Å². The lowest BCUT2D eigenvalue weighted by atomic mass is 10.2. The number of furan rings is 1. The van der Waals surface area contributed by atoms with Gasteiger partial charge in [-0.1, -0.05) is 12.1 Å². The minimum atomic E-state index is -0.631. The fourth-order valence-corrected chi connectivity index (χ4v) is 2.04. The van der Waals surface area contributed by atoms with E-state index in [1.165, 1.54) is 0 Å². The lowest BCUT2D eigenvalue weighted by molar-refractivity contribution is 0.0742. The smallest absolute Gasteiger partial charge is 0.137 e. The molecular weight excluding hydrogens is 268 g/mol. The first-order valence-corrected chi connectivity index (χ1v) is 6.68. The molecule has 1 unspecified atom stereocenters. The van der Waals surface area contributed by atoms with Crippen molar-refractivity contribution in [3.8, 4) is 11.8 Å². The van der Waals surface area contributed by atoms with Gasteiger partial charge in [-0.15, -0.1) is 0 Å². The van der Waals surface area contributed by atoms with Crippen molar-refractivity contribution in [1.82, 2.24) is 4.90 Å². The molecule has 1 atom stereocenters. The third kappa shape index (κ3) is 4.63.